The van der Waals surface area contributed by atoms with Gasteiger partial charge in [-0.25, -0.2) is 4.39 Å². The van der Waals surface area contributed by atoms with Crippen LogP contribution in [0.1, 0.15) is 29.2 Å². The molecule has 1 aliphatic heterocycles. The van der Waals surface area contributed by atoms with Crippen LogP contribution in [0.2, 0.25) is 5.02 Å². The van der Waals surface area contributed by atoms with Crippen LogP contribution >= 0.6 is 23.4 Å². The second-order valence-electron chi connectivity index (χ2n) is 8.33. The minimum Gasteiger partial charge on any atom is -0.342 e. The Bertz CT molecular complexity index is 1490. The first-order chi connectivity index (χ1) is 17.0. The number of benzene rings is 3. The van der Waals surface area contributed by atoms with E-state index in [1.54, 1.807) is 36.4 Å². The van der Waals surface area contributed by atoms with Gasteiger partial charge in [0.25, 0.3) is 11.1 Å². The van der Waals surface area contributed by atoms with E-state index in [2.05, 4.69) is 13.0 Å². The molecular weight excluding hydrogens is 483 g/mol. The molecule has 2 amide bonds. The molecule has 0 spiro atoms. The lowest BCUT2D eigenvalue weighted by Gasteiger charge is -2.13. The Morgan fingerprint density at radius 2 is 1.63 bits per heavy atom. The molecule has 1 fully saturated rings. The first-order valence-electron chi connectivity index (χ1n) is 11.3. The van der Waals surface area contributed by atoms with E-state index >= 15 is 0 Å². The van der Waals surface area contributed by atoms with E-state index in [-0.39, 0.29) is 23.5 Å². The molecule has 4 nitrogen and oxygen atoms in total. The molecule has 7 heteroatoms. The van der Waals surface area contributed by atoms with Gasteiger partial charge in [0.1, 0.15) is 5.82 Å². The summed E-state index contributed by atoms with van der Waals surface area (Å²) in [5.41, 5.74) is 4.24. The van der Waals surface area contributed by atoms with Gasteiger partial charge in [0.15, 0.2) is 0 Å². The standard InChI is InChI=1S/C28H22ClFN2O2S/c1-2-18-10-7-11-22-21(16-31(26(18)22)15-20-9-4-6-13-24(20)30)14-25-27(33)32(28(34)35-25)17-19-8-3-5-12-23(19)29/h3-14,16H,2,15,17H2,1H3/b25-14-. The van der Waals surface area contributed by atoms with Crippen molar-refractivity contribution in [2.75, 3.05) is 0 Å². The molecule has 1 aliphatic rings. The fourth-order valence-corrected chi connectivity index (χ4v) is 5.40. The molecule has 0 aliphatic carbocycles. The topological polar surface area (TPSA) is 42.3 Å². The van der Waals surface area contributed by atoms with Gasteiger partial charge in [-0.2, -0.15) is 0 Å². The van der Waals surface area contributed by atoms with Crippen molar-refractivity contribution in [1.82, 2.24) is 9.47 Å². The molecule has 35 heavy (non-hydrogen) atoms. The highest BCUT2D eigenvalue weighted by Crippen LogP contribution is 2.36. The second kappa shape index (κ2) is 9.72. The molecule has 2 heterocycles. The van der Waals surface area contributed by atoms with Crippen molar-refractivity contribution in [2.45, 2.75) is 26.4 Å². The molecule has 4 aromatic rings. The number of hydrogen-bond acceptors (Lipinski definition) is 3. The third-order valence-corrected chi connectivity index (χ3v) is 7.41. The van der Waals surface area contributed by atoms with Gasteiger partial charge in [-0.15, -0.1) is 0 Å². The number of aromatic nitrogens is 1. The fourth-order valence-electron chi connectivity index (χ4n) is 4.38. The number of hydrogen-bond donors (Lipinski definition) is 0. The molecular formula is C28H22ClFN2O2S. The lowest BCUT2D eigenvalue weighted by molar-refractivity contribution is -0.123. The Morgan fingerprint density at radius 1 is 0.914 bits per heavy atom. The van der Waals surface area contributed by atoms with Crippen molar-refractivity contribution >= 4 is 51.5 Å². The number of amides is 2. The van der Waals surface area contributed by atoms with E-state index in [4.69, 9.17) is 11.6 Å². The Hall–Kier alpha value is -3.35. The fraction of sp³-hybridized carbons (Fsp3) is 0.143. The minimum atomic E-state index is -0.346. The van der Waals surface area contributed by atoms with E-state index in [0.29, 0.717) is 27.6 Å². The Kier molecular flexibility index (Phi) is 6.50. The second-order valence-corrected chi connectivity index (χ2v) is 9.73. The first kappa shape index (κ1) is 23.4. The van der Waals surface area contributed by atoms with Gasteiger partial charge in [-0.3, -0.25) is 14.5 Å². The lowest BCUT2D eigenvalue weighted by Crippen LogP contribution is -2.27. The van der Waals surface area contributed by atoms with Crippen LogP contribution in [0.4, 0.5) is 9.18 Å². The maximum absolute atomic E-state index is 14.4. The molecule has 176 valence electrons. The van der Waals surface area contributed by atoms with Crippen LogP contribution in [-0.4, -0.2) is 20.6 Å². The number of rotatable bonds is 6. The maximum Gasteiger partial charge on any atom is 0.293 e. The van der Waals surface area contributed by atoms with Crippen molar-refractivity contribution in [3.05, 3.63) is 111 Å². The van der Waals surface area contributed by atoms with Gasteiger partial charge >= 0.3 is 0 Å². The Morgan fingerprint density at radius 3 is 2.37 bits per heavy atom. The average molecular weight is 505 g/mol. The Balaban J connectivity index is 1.53. The highest BCUT2D eigenvalue weighted by Gasteiger charge is 2.35. The van der Waals surface area contributed by atoms with Crippen LogP contribution in [0.15, 0.2) is 77.8 Å². The van der Waals surface area contributed by atoms with Crippen LogP contribution in [0.25, 0.3) is 17.0 Å². The molecule has 0 saturated carbocycles. The zero-order chi connectivity index (χ0) is 24.5. The lowest BCUT2D eigenvalue weighted by atomic mass is 10.1. The van der Waals surface area contributed by atoms with Gasteiger partial charge in [0.2, 0.25) is 0 Å². The van der Waals surface area contributed by atoms with Gasteiger partial charge in [-0.05, 0) is 47.5 Å². The summed E-state index contributed by atoms with van der Waals surface area (Å²) in [7, 11) is 0. The third-order valence-electron chi connectivity index (χ3n) is 6.14. The van der Waals surface area contributed by atoms with Gasteiger partial charge in [-0.1, -0.05) is 73.1 Å². The third kappa shape index (κ3) is 4.51. The van der Waals surface area contributed by atoms with Crippen molar-refractivity contribution in [2.24, 2.45) is 0 Å². The van der Waals surface area contributed by atoms with E-state index in [1.807, 2.05) is 35.0 Å². The van der Waals surface area contributed by atoms with Gasteiger partial charge in [0.05, 0.1) is 23.5 Å². The average Bonchev–Trinajstić information content (AvgIpc) is 3.33. The van der Waals surface area contributed by atoms with E-state index in [1.165, 1.54) is 11.0 Å². The summed E-state index contributed by atoms with van der Waals surface area (Å²) in [5.74, 6) is -0.604. The normalized spacial score (nSPS) is 15.1. The molecule has 1 aromatic heterocycles. The van der Waals surface area contributed by atoms with Crippen LogP contribution in [0.5, 0.6) is 0 Å². The molecule has 1 saturated heterocycles. The smallest absolute Gasteiger partial charge is 0.293 e. The van der Waals surface area contributed by atoms with Crippen molar-refractivity contribution < 1.29 is 14.0 Å². The summed E-state index contributed by atoms with van der Waals surface area (Å²) in [6, 6.07) is 19.9. The number of carbonyl (C=O) groups is 2. The van der Waals surface area contributed by atoms with Crippen LogP contribution in [-0.2, 0) is 24.3 Å². The highest BCUT2D eigenvalue weighted by atomic mass is 35.5. The molecule has 5 rings (SSSR count). The SMILES string of the molecule is CCc1cccc2c(/C=C3\SC(=O)N(Cc4ccccc4Cl)C3=O)cn(Cc3ccccc3F)c12. The zero-order valence-corrected chi connectivity index (χ0v) is 20.6. The van der Waals surface area contributed by atoms with Crippen molar-refractivity contribution in [1.29, 1.82) is 0 Å². The number of aryl methyl sites for hydroxylation is 1. The summed E-state index contributed by atoms with van der Waals surface area (Å²) in [4.78, 5) is 27.4. The summed E-state index contributed by atoms with van der Waals surface area (Å²) in [5, 5.41) is 1.14. The molecule has 0 N–H and O–H groups in total. The monoisotopic (exact) mass is 504 g/mol. The minimum absolute atomic E-state index is 0.122. The summed E-state index contributed by atoms with van der Waals surface area (Å²) < 4.78 is 16.4. The number of carbonyl (C=O) groups excluding carboxylic acids is 2. The van der Waals surface area contributed by atoms with Gasteiger partial charge < -0.3 is 4.57 Å². The first-order valence-corrected chi connectivity index (χ1v) is 12.5. The summed E-state index contributed by atoms with van der Waals surface area (Å²) in [6.07, 6.45) is 4.50. The van der Waals surface area contributed by atoms with Crippen LogP contribution in [0, 0.1) is 5.82 Å². The zero-order valence-electron chi connectivity index (χ0n) is 19.0. The van der Waals surface area contributed by atoms with Crippen LogP contribution in [0.3, 0.4) is 0 Å². The molecule has 3 aromatic carbocycles. The summed E-state index contributed by atoms with van der Waals surface area (Å²) >= 11 is 7.16. The van der Waals surface area contributed by atoms with Crippen molar-refractivity contribution in [3.8, 4) is 0 Å². The number of nitrogens with zero attached hydrogens (tertiary/aromatic N) is 2. The van der Waals surface area contributed by atoms with E-state index in [0.717, 1.165) is 40.2 Å². The van der Waals surface area contributed by atoms with Gasteiger partial charge in [0, 0.05) is 27.7 Å². The highest BCUT2D eigenvalue weighted by molar-refractivity contribution is 8.18. The molecule has 0 bridgehead atoms. The van der Waals surface area contributed by atoms with Crippen LogP contribution < -0.4 is 0 Å². The largest absolute Gasteiger partial charge is 0.342 e. The number of thioether (sulfide) groups is 1. The molecule has 0 atom stereocenters. The number of imide groups is 1. The predicted octanol–water partition coefficient (Wildman–Crippen LogP) is 7.28. The maximum atomic E-state index is 14.4. The molecule has 0 radical (unpaired) electrons. The number of fused-ring (bicyclic) bond motifs is 1. The van der Waals surface area contributed by atoms with E-state index < -0.39 is 0 Å². The predicted molar refractivity (Wildman–Crippen MR) is 140 cm³/mol. The summed E-state index contributed by atoms with van der Waals surface area (Å²) in [6.45, 7) is 2.56. The van der Waals surface area contributed by atoms with Crippen molar-refractivity contribution in [3.63, 3.8) is 0 Å². The molecule has 0 unspecified atom stereocenters. The number of halogens is 2. The Labute approximate surface area is 212 Å². The van der Waals surface area contributed by atoms with E-state index in [9.17, 15) is 14.0 Å². The number of para-hydroxylation sites is 1. The quantitative estimate of drug-likeness (QED) is 0.259.